The zero-order valence-corrected chi connectivity index (χ0v) is 8.42. The standard InChI is InChI=1S/C10H20NO2/c1-3-4-5-6-9(10(11)12)7-8-13-2/h9H,2-8H2,1H3,(H2,11,12). The summed E-state index contributed by atoms with van der Waals surface area (Å²) >= 11 is 0. The zero-order valence-electron chi connectivity index (χ0n) is 8.42. The Morgan fingerprint density at radius 2 is 2.15 bits per heavy atom. The molecule has 0 bridgehead atoms. The van der Waals surface area contributed by atoms with Crippen LogP contribution in [0.2, 0.25) is 0 Å². The molecule has 0 saturated carbocycles. The van der Waals surface area contributed by atoms with Crippen LogP contribution in [0.5, 0.6) is 0 Å². The van der Waals surface area contributed by atoms with Crippen molar-refractivity contribution in [3.05, 3.63) is 7.11 Å². The predicted molar refractivity (Wildman–Crippen MR) is 52.8 cm³/mol. The van der Waals surface area contributed by atoms with Crippen LogP contribution in [0.3, 0.4) is 0 Å². The van der Waals surface area contributed by atoms with E-state index in [9.17, 15) is 4.79 Å². The fraction of sp³-hybridized carbons (Fsp3) is 0.800. The van der Waals surface area contributed by atoms with Gasteiger partial charge in [0.15, 0.2) is 0 Å². The molecule has 1 unspecified atom stereocenters. The highest BCUT2D eigenvalue weighted by molar-refractivity contribution is 5.76. The summed E-state index contributed by atoms with van der Waals surface area (Å²) in [7, 11) is 3.26. The summed E-state index contributed by atoms with van der Waals surface area (Å²) in [6, 6.07) is 0. The van der Waals surface area contributed by atoms with Gasteiger partial charge in [0.1, 0.15) is 0 Å². The van der Waals surface area contributed by atoms with Crippen LogP contribution in [-0.2, 0) is 9.53 Å². The Morgan fingerprint density at radius 1 is 1.46 bits per heavy atom. The summed E-state index contributed by atoms with van der Waals surface area (Å²) in [6.45, 7) is 2.65. The second-order valence-corrected chi connectivity index (χ2v) is 3.29. The second-order valence-electron chi connectivity index (χ2n) is 3.29. The molecule has 0 fully saturated rings. The number of ether oxygens (including phenoxy) is 1. The van der Waals surface area contributed by atoms with E-state index in [1.165, 1.54) is 0 Å². The van der Waals surface area contributed by atoms with Crippen molar-refractivity contribution in [3.8, 4) is 0 Å². The number of nitrogens with two attached hydrogens (primary N) is 1. The summed E-state index contributed by atoms with van der Waals surface area (Å²) in [5, 5.41) is 0. The monoisotopic (exact) mass is 186 g/mol. The summed E-state index contributed by atoms with van der Waals surface area (Å²) < 4.78 is 4.67. The van der Waals surface area contributed by atoms with Crippen molar-refractivity contribution in [1.29, 1.82) is 0 Å². The van der Waals surface area contributed by atoms with E-state index in [0.29, 0.717) is 13.0 Å². The van der Waals surface area contributed by atoms with E-state index < -0.39 is 0 Å². The van der Waals surface area contributed by atoms with Gasteiger partial charge in [0.2, 0.25) is 5.91 Å². The highest BCUT2D eigenvalue weighted by atomic mass is 16.5. The number of primary amides is 1. The summed E-state index contributed by atoms with van der Waals surface area (Å²) in [5.74, 6) is -0.249. The maximum atomic E-state index is 10.9. The minimum Gasteiger partial charge on any atom is -0.379 e. The predicted octanol–water partition coefficient (Wildman–Crippen LogP) is 1.87. The van der Waals surface area contributed by atoms with Gasteiger partial charge in [0.25, 0.3) is 0 Å². The summed E-state index contributed by atoms with van der Waals surface area (Å²) in [4.78, 5) is 10.9. The lowest BCUT2D eigenvalue weighted by Crippen LogP contribution is -2.24. The average molecular weight is 186 g/mol. The SMILES string of the molecule is [CH2]OCCC(CCCCC)C(N)=O. The van der Waals surface area contributed by atoms with Gasteiger partial charge in [-0.05, 0) is 12.8 Å². The maximum absolute atomic E-state index is 10.9. The minimum absolute atomic E-state index is 0.0340. The van der Waals surface area contributed by atoms with E-state index in [-0.39, 0.29) is 11.8 Å². The Morgan fingerprint density at radius 3 is 2.62 bits per heavy atom. The van der Waals surface area contributed by atoms with E-state index in [2.05, 4.69) is 18.8 Å². The molecule has 0 rings (SSSR count). The van der Waals surface area contributed by atoms with Gasteiger partial charge in [-0.15, -0.1) is 0 Å². The summed E-state index contributed by atoms with van der Waals surface area (Å²) in [5.41, 5.74) is 5.24. The Hall–Kier alpha value is -0.570. The Labute approximate surface area is 80.6 Å². The number of amides is 1. The molecule has 0 aliphatic heterocycles. The van der Waals surface area contributed by atoms with Crippen molar-refractivity contribution in [2.75, 3.05) is 6.61 Å². The third kappa shape index (κ3) is 6.58. The molecule has 0 aromatic carbocycles. The normalized spacial score (nSPS) is 12.8. The topological polar surface area (TPSA) is 52.3 Å². The maximum Gasteiger partial charge on any atom is 0.220 e. The first-order valence-corrected chi connectivity index (χ1v) is 4.88. The van der Waals surface area contributed by atoms with Gasteiger partial charge >= 0.3 is 0 Å². The first kappa shape index (κ1) is 12.4. The quantitative estimate of drug-likeness (QED) is 0.588. The lowest BCUT2D eigenvalue weighted by Gasteiger charge is -2.11. The van der Waals surface area contributed by atoms with Crippen LogP contribution in [0.25, 0.3) is 0 Å². The molecule has 0 heterocycles. The first-order valence-electron chi connectivity index (χ1n) is 4.88. The fourth-order valence-electron chi connectivity index (χ4n) is 1.30. The second kappa shape index (κ2) is 8.05. The van der Waals surface area contributed by atoms with Crippen molar-refractivity contribution in [2.24, 2.45) is 11.7 Å². The number of carbonyl (C=O) groups is 1. The molecule has 0 spiro atoms. The lowest BCUT2D eigenvalue weighted by atomic mass is 9.98. The van der Waals surface area contributed by atoms with E-state index >= 15 is 0 Å². The van der Waals surface area contributed by atoms with E-state index in [0.717, 1.165) is 25.7 Å². The molecule has 0 aliphatic carbocycles. The highest BCUT2D eigenvalue weighted by Gasteiger charge is 2.13. The van der Waals surface area contributed by atoms with Crippen LogP contribution < -0.4 is 5.73 Å². The van der Waals surface area contributed by atoms with Gasteiger partial charge < -0.3 is 10.5 Å². The average Bonchev–Trinajstić information content (AvgIpc) is 2.10. The van der Waals surface area contributed by atoms with E-state index in [1.807, 2.05) is 0 Å². The molecular formula is C10H20NO2. The van der Waals surface area contributed by atoms with Crippen LogP contribution in [0.15, 0.2) is 0 Å². The van der Waals surface area contributed by atoms with Gasteiger partial charge in [-0.1, -0.05) is 26.2 Å². The third-order valence-corrected chi connectivity index (χ3v) is 2.17. The van der Waals surface area contributed by atoms with Gasteiger partial charge in [-0.25, -0.2) is 0 Å². The molecule has 0 saturated heterocycles. The van der Waals surface area contributed by atoms with Gasteiger partial charge in [-0.3, -0.25) is 4.79 Å². The minimum atomic E-state index is -0.215. The number of carbonyl (C=O) groups excluding carboxylic acids is 1. The zero-order chi connectivity index (χ0) is 10.1. The van der Waals surface area contributed by atoms with Crippen LogP contribution in [0, 0.1) is 13.0 Å². The molecule has 2 N–H and O–H groups in total. The Balaban J connectivity index is 3.61. The number of rotatable bonds is 8. The van der Waals surface area contributed by atoms with Crippen LogP contribution in [0.4, 0.5) is 0 Å². The molecule has 1 radical (unpaired) electrons. The molecule has 0 aromatic rings. The Kier molecular flexibility index (Phi) is 7.69. The lowest BCUT2D eigenvalue weighted by molar-refractivity contribution is -0.122. The Bertz CT molecular complexity index is 137. The van der Waals surface area contributed by atoms with Crippen molar-refractivity contribution in [1.82, 2.24) is 0 Å². The van der Waals surface area contributed by atoms with Gasteiger partial charge in [0, 0.05) is 12.5 Å². The third-order valence-electron chi connectivity index (χ3n) is 2.17. The molecule has 0 aliphatic rings. The van der Waals surface area contributed by atoms with Crippen LogP contribution >= 0.6 is 0 Å². The van der Waals surface area contributed by atoms with E-state index in [1.54, 1.807) is 0 Å². The molecule has 3 nitrogen and oxygen atoms in total. The van der Waals surface area contributed by atoms with E-state index in [4.69, 9.17) is 5.73 Å². The fourth-order valence-corrected chi connectivity index (χ4v) is 1.30. The largest absolute Gasteiger partial charge is 0.379 e. The van der Waals surface area contributed by atoms with Gasteiger partial charge in [0.05, 0.1) is 7.11 Å². The van der Waals surface area contributed by atoms with Crippen molar-refractivity contribution in [2.45, 2.75) is 39.0 Å². The van der Waals surface area contributed by atoms with Crippen molar-refractivity contribution >= 4 is 5.91 Å². The molecular weight excluding hydrogens is 166 g/mol. The molecule has 1 atom stereocenters. The van der Waals surface area contributed by atoms with Crippen LogP contribution in [-0.4, -0.2) is 12.5 Å². The smallest absolute Gasteiger partial charge is 0.220 e. The van der Waals surface area contributed by atoms with Crippen LogP contribution in [0.1, 0.15) is 39.0 Å². The van der Waals surface area contributed by atoms with Gasteiger partial charge in [-0.2, -0.15) is 0 Å². The molecule has 0 aromatic heterocycles. The molecule has 3 heteroatoms. The molecule has 13 heavy (non-hydrogen) atoms. The first-order chi connectivity index (χ1) is 6.22. The number of unbranched alkanes of at least 4 members (excludes halogenated alkanes) is 2. The number of hydrogen-bond acceptors (Lipinski definition) is 2. The van der Waals surface area contributed by atoms with Crippen molar-refractivity contribution in [3.63, 3.8) is 0 Å². The highest BCUT2D eigenvalue weighted by Crippen LogP contribution is 2.13. The summed E-state index contributed by atoms with van der Waals surface area (Å²) in [6.07, 6.45) is 4.97. The van der Waals surface area contributed by atoms with Crippen molar-refractivity contribution < 1.29 is 9.53 Å². The molecule has 77 valence electrons. The number of hydrogen-bond donors (Lipinski definition) is 1. The molecule has 1 amide bonds.